The molecule has 3 rings (SSSR count). The number of hydrogen-bond acceptors (Lipinski definition) is 5. The van der Waals surface area contributed by atoms with E-state index < -0.39 is 16.0 Å². The number of carbonyl (C=O) groups is 1. The maximum absolute atomic E-state index is 12.5. The largest absolute Gasteiger partial charge is 0.506 e. The van der Waals surface area contributed by atoms with Crippen LogP contribution in [-0.2, 0) is 10.1 Å². The van der Waals surface area contributed by atoms with Crippen LogP contribution in [0.4, 0.5) is 11.4 Å². The van der Waals surface area contributed by atoms with Gasteiger partial charge in [0.2, 0.25) is 0 Å². The highest BCUT2D eigenvalue weighted by atomic mass is 32.2. The monoisotopic (exact) mass is 372 g/mol. The van der Waals surface area contributed by atoms with Crippen molar-refractivity contribution in [3.05, 3.63) is 59.7 Å². The average Bonchev–Trinajstić information content (AvgIpc) is 2.58. The van der Waals surface area contributed by atoms with Gasteiger partial charge >= 0.3 is 0 Å². The molecular formula is C18H16N2O5S. The van der Waals surface area contributed by atoms with Crippen LogP contribution in [-0.4, -0.2) is 24.0 Å². The number of carbonyl (C=O) groups excluding carboxylic acids is 1. The molecule has 0 atom stereocenters. The average molecular weight is 372 g/mol. The number of nitrogens with two attached hydrogens (primary N) is 1. The topological polar surface area (TPSA) is 130 Å². The van der Waals surface area contributed by atoms with Crippen LogP contribution < -0.4 is 11.1 Å². The van der Waals surface area contributed by atoms with Gasteiger partial charge in [0.25, 0.3) is 16.0 Å². The van der Waals surface area contributed by atoms with Crippen LogP contribution in [0, 0.1) is 6.92 Å². The summed E-state index contributed by atoms with van der Waals surface area (Å²) in [7, 11) is -4.42. The molecule has 0 spiro atoms. The normalized spacial score (nSPS) is 11.5. The predicted octanol–water partition coefficient (Wildman–Crippen LogP) is 2.94. The fourth-order valence-corrected chi connectivity index (χ4v) is 3.09. The van der Waals surface area contributed by atoms with Gasteiger partial charge in [-0.15, -0.1) is 0 Å². The van der Waals surface area contributed by atoms with E-state index in [0.29, 0.717) is 16.6 Å². The molecular weight excluding hydrogens is 356 g/mol. The summed E-state index contributed by atoms with van der Waals surface area (Å²) in [5.41, 5.74) is 7.40. The summed E-state index contributed by atoms with van der Waals surface area (Å²) < 4.78 is 32.0. The van der Waals surface area contributed by atoms with Crippen LogP contribution in [0.2, 0.25) is 0 Å². The van der Waals surface area contributed by atoms with E-state index in [2.05, 4.69) is 5.32 Å². The molecule has 0 heterocycles. The number of nitrogen functional groups attached to an aromatic ring is 1. The first-order valence-corrected chi connectivity index (χ1v) is 9.01. The van der Waals surface area contributed by atoms with Crippen LogP contribution >= 0.6 is 0 Å². The molecule has 0 radical (unpaired) electrons. The lowest BCUT2D eigenvalue weighted by Gasteiger charge is -2.12. The first-order chi connectivity index (χ1) is 12.2. The van der Waals surface area contributed by atoms with E-state index in [1.54, 1.807) is 31.2 Å². The number of nitrogens with one attached hydrogen (secondary N) is 1. The second-order valence-electron chi connectivity index (χ2n) is 5.84. The number of rotatable bonds is 3. The number of amides is 1. The molecule has 1 amide bonds. The van der Waals surface area contributed by atoms with E-state index >= 15 is 0 Å². The minimum atomic E-state index is -4.42. The highest BCUT2D eigenvalue weighted by molar-refractivity contribution is 7.85. The molecule has 0 unspecified atom stereocenters. The number of aryl methyl sites for hydroxylation is 1. The summed E-state index contributed by atoms with van der Waals surface area (Å²) >= 11 is 0. The van der Waals surface area contributed by atoms with Crippen molar-refractivity contribution in [2.24, 2.45) is 0 Å². The summed E-state index contributed by atoms with van der Waals surface area (Å²) in [5.74, 6) is -0.723. The summed E-state index contributed by atoms with van der Waals surface area (Å²) in [6, 6.07) is 11.6. The summed E-state index contributed by atoms with van der Waals surface area (Å²) in [6.45, 7) is 1.76. The molecule has 3 aromatic rings. The number of benzene rings is 3. The van der Waals surface area contributed by atoms with Crippen molar-refractivity contribution in [1.29, 1.82) is 0 Å². The van der Waals surface area contributed by atoms with Crippen LogP contribution in [0.25, 0.3) is 10.8 Å². The summed E-state index contributed by atoms with van der Waals surface area (Å²) in [6.07, 6.45) is 0. The highest BCUT2D eigenvalue weighted by Crippen LogP contribution is 2.34. The maximum atomic E-state index is 12.5. The molecule has 0 aliphatic carbocycles. The number of fused-ring (bicyclic) bond motifs is 1. The van der Waals surface area contributed by atoms with Crippen LogP contribution in [0.1, 0.15) is 15.9 Å². The third-order valence-electron chi connectivity index (χ3n) is 4.04. The molecule has 0 aliphatic rings. The summed E-state index contributed by atoms with van der Waals surface area (Å²) in [4.78, 5) is 12.2. The van der Waals surface area contributed by atoms with Gasteiger partial charge in [0.05, 0.1) is 10.6 Å². The van der Waals surface area contributed by atoms with Gasteiger partial charge in [0.15, 0.2) is 0 Å². The Kier molecular flexibility index (Phi) is 4.31. The minimum Gasteiger partial charge on any atom is -0.506 e. The van der Waals surface area contributed by atoms with E-state index in [1.165, 1.54) is 24.3 Å². The lowest BCUT2D eigenvalue weighted by atomic mass is 10.1. The number of phenols is 1. The van der Waals surface area contributed by atoms with Crippen molar-refractivity contribution in [3.63, 3.8) is 0 Å². The third kappa shape index (κ3) is 3.32. The van der Waals surface area contributed by atoms with E-state index in [0.717, 1.165) is 5.56 Å². The number of hydrogen-bond donors (Lipinski definition) is 4. The van der Waals surface area contributed by atoms with Gasteiger partial charge in [-0.3, -0.25) is 9.35 Å². The van der Waals surface area contributed by atoms with Crippen molar-refractivity contribution in [1.82, 2.24) is 0 Å². The molecule has 26 heavy (non-hydrogen) atoms. The second-order valence-corrected chi connectivity index (χ2v) is 7.26. The predicted molar refractivity (Wildman–Crippen MR) is 99.0 cm³/mol. The molecule has 7 nitrogen and oxygen atoms in total. The molecule has 0 aromatic heterocycles. The van der Waals surface area contributed by atoms with Crippen LogP contribution in [0.15, 0.2) is 53.4 Å². The molecule has 0 aliphatic heterocycles. The zero-order chi connectivity index (χ0) is 19.1. The molecule has 0 saturated heterocycles. The van der Waals surface area contributed by atoms with Gasteiger partial charge in [-0.1, -0.05) is 12.1 Å². The Hall–Kier alpha value is -3.10. The van der Waals surface area contributed by atoms with Gasteiger partial charge in [0, 0.05) is 16.6 Å². The SMILES string of the molecule is Cc1cc(C(=O)Nc2c(O)ccc3ccc(S(=O)(=O)O)cc23)ccc1N. The van der Waals surface area contributed by atoms with E-state index in [4.69, 9.17) is 5.73 Å². The lowest BCUT2D eigenvalue weighted by molar-refractivity contribution is 0.102. The van der Waals surface area contributed by atoms with E-state index in [9.17, 15) is 22.9 Å². The van der Waals surface area contributed by atoms with Crippen molar-refractivity contribution in [3.8, 4) is 5.75 Å². The Morgan fingerprint density at radius 1 is 1.08 bits per heavy atom. The lowest BCUT2D eigenvalue weighted by Crippen LogP contribution is -2.13. The molecule has 5 N–H and O–H groups in total. The smallest absolute Gasteiger partial charge is 0.294 e. The Labute approximate surface area is 149 Å². The maximum Gasteiger partial charge on any atom is 0.294 e. The standard InChI is InChI=1S/C18H16N2O5S/c1-10-8-12(3-6-15(10)19)18(22)20-17-14-9-13(26(23,24)25)5-2-11(14)4-7-16(17)21/h2-9,21H,19H2,1H3,(H,20,22)(H,23,24,25). The Balaban J connectivity index is 2.09. The molecule has 134 valence electrons. The Morgan fingerprint density at radius 3 is 2.42 bits per heavy atom. The molecule has 3 aromatic carbocycles. The zero-order valence-corrected chi connectivity index (χ0v) is 14.5. The fourth-order valence-electron chi connectivity index (χ4n) is 2.58. The number of anilines is 2. The fraction of sp³-hybridized carbons (Fsp3) is 0.0556. The summed E-state index contributed by atoms with van der Waals surface area (Å²) in [5, 5.41) is 13.6. The Morgan fingerprint density at radius 2 is 1.77 bits per heavy atom. The van der Waals surface area contributed by atoms with E-state index in [-0.39, 0.29) is 21.7 Å². The first kappa shape index (κ1) is 17.7. The van der Waals surface area contributed by atoms with Gasteiger partial charge in [0.1, 0.15) is 5.75 Å². The highest BCUT2D eigenvalue weighted by Gasteiger charge is 2.16. The zero-order valence-electron chi connectivity index (χ0n) is 13.7. The third-order valence-corrected chi connectivity index (χ3v) is 4.89. The second kappa shape index (κ2) is 6.32. The molecule has 0 bridgehead atoms. The van der Waals surface area contributed by atoms with E-state index in [1.807, 2.05) is 0 Å². The molecule has 0 fully saturated rings. The molecule has 8 heteroatoms. The van der Waals surface area contributed by atoms with Crippen molar-refractivity contribution in [2.45, 2.75) is 11.8 Å². The van der Waals surface area contributed by atoms with Gasteiger partial charge in [-0.25, -0.2) is 0 Å². The minimum absolute atomic E-state index is 0.0486. The van der Waals surface area contributed by atoms with Gasteiger partial charge in [-0.05, 0) is 54.3 Å². The first-order valence-electron chi connectivity index (χ1n) is 7.57. The van der Waals surface area contributed by atoms with Crippen LogP contribution in [0.3, 0.4) is 0 Å². The van der Waals surface area contributed by atoms with Gasteiger partial charge < -0.3 is 16.2 Å². The van der Waals surface area contributed by atoms with Crippen LogP contribution in [0.5, 0.6) is 5.75 Å². The quantitative estimate of drug-likeness (QED) is 0.318. The van der Waals surface area contributed by atoms with Crippen molar-refractivity contribution < 1.29 is 22.9 Å². The Bertz CT molecular complexity index is 1140. The van der Waals surface area contributed by atoms with Gasteiger partial charge in [-0.2, -0.15) is 8.42 Å². The van der Waals surface area contributed by atoms with Crippen molar-refractivity contribution >= 4 is 38.2 Å². The molecule has 0 saturated carbocycles. The van der Waals surface area contributed by atoms with Crippen molar-refractivity contribution in [2.75, 3.05) is 11.1 Å². The number of phenolic OH excluding ortho intramolecular Hbond substituents is 1. The number of aromatic hydroxyl groups is 1.